The van der Waals surface area contributed by atoms with Crippen molar-refractivity contribution < 1.29 is 4.42 Å². The Labute approximate surface area is 86.7 Å². The Morgan fingerprint density at radius 2 is 2.14 bits per heavy atom. The second kappa shape index (κ2) is 5.86. The van der Waals surface area contributed by atoms with E-state index in [1.165, 1.54) is 12.8 Å². The van der Waals surface area contributed by atoms with Gasteiger partial charge in [-0.25, -0.2) is 0 Å². The lowest BCUT2D eigenvalue weighted by Crippen LogP contribution is -2.15. The molecule has 0 radical (unpaired) electrons. The zero-order chi connectivity index (χ0) is 10.4. The molecular weight excluding hydrogens is 174 g/mol. The first-order chi connectivity index (χ1) is 6.81. The summed E-state index contributed by atoms with van der Waals surface area (Å²) in [4.78, 5) is 0. The van der Waals surface area contributed by atoms with Crippen LogP contribution in [0, 0.1) is 0 Å². The van der Waals surface area contributed by atoms with Crippen LogP contribution in [0.1, 0.15) is 50.7 Å². The van der Waals surface area contributed by atoms with Gasteiger partial charge in [-0.2, -0.15) is 0 Å². The van der Waals surface area contributed by atoms with Crippen molar-refractivity contribution in [2.45, 2.75) is 45.6 Å². The summed E-state index contributed by atoms with van der Waals surface area (Å²) in [5.74, 6) is 2.16. The van der Waals surface area contributed by atoms with Gasteiger partial charge in [-0.15, -0.1) is 0 Å². The molecule has 1 atom stereocenters. The highest BCUT2D eigenvalue weighted by Crippen LogP contribution is 2.21. The Balaban J connectivity index is 2.58. The number of hydrogen-bond donors (Lipinski definition) is 1. The first kappa shape index (κ1) is 11.3. The normalized spacial score (nSPS) is 13.1. The standard InChI is InChI=1S/C12H21NO/c1-4-6-7-11(13-3)12-9-8-10(5-2)14-12/h8-9,11,13H,4-7H2,1-3H3. The van der Waals surface area contributed by atoms with E-state index in [2.05, 4.69) is 31.3 Å². The Morgan fingerprint density at radius 1 is 1.36 bits per heavy atom. The van der Waals surface area contributed by atoms with E-state index in [0.29, 0.717) is 6.04 Å². The number of rotatable bonds is 6. The molecule has 0 amide bonds. The molecule has 0 fully saturated rings. The number of furan rings is 1. The van der Waals surface area contributed by atoms with Gasteiger partial charge in [-0.05, 0) is 25.6 Å². The van der Waals surface area contributed by atoms with Crippen molar-refractivity contribution in [3.8, 4) is 0 Å². The van der Waals surface area contributed by atoms with Gasteiger partial charge in [0.15, 0.2) is 0 Å². The smallest absolute Gasteiger partial charge is 0.121 e. The molecule has 1 aromatic heterocycles. The third kappa shape index (κ3) is 2.88. The van der Waals surface area contributed by atoms with Gasteiger partial charge >= 0.3 is 0 Å². The van der Waals surface area contributed by atoms with Crippen LogP contribution >= 0.6 is 0 Å². The SMILES string of the molecule is CCCCC(NC)c1ccc(CC)o1. The molecule has 2 nitrogen and oxygen atoms in total. The molecular formula is C12H21NO. The second-order valence-electron chi connectivity index (χ2n) is 3.64. The van der Waals surface area contributed by atoms with Gasteiger partial charge in [0.05, 0.1) is 6.04 Å². The van der Waals surface area contributed by atoms with E-state index in [-0.39, 0.29) is 0 Å². The molecule has 1 N–H and O–H groups in total. The number of unbranched alkanes of at least 4 members (excludes halogenated alkanes) is 1. The fourth-order valence-corrected chi connectivity index (χ4v) is 1.61. The number of aryl methyl sites for hydroxylation is 1. The van der Waals surface area contributed by atoms with Crippen molar-refractivity contribution in [3.05, 3.63) is 23.7 Å². The first-order valence-corrected chi connectivity index (χ1v) is 5.57. The van der Waals surface area contributed by atoms with Crippen molar-refractivity contribution in [1.82, 2.24) is 5.32 Å². The molecule has 0 aromatic carbocycles. The summed E-state index contributed by atoms with van der Waals surface area (Å²) in [6, 6.07) is 4.55. The second-order valence-corrected chi connectivity index (χ2v) is 3.64. The summed E-state index contributed by atoms with van der Waals surface area (Å²) < 4.78 is 5.72. The van der Waals surface area contributed by atoms with E-state index in [9.17, 15) is 0 Å². The average Bonchev–Trinajstić information content (AvgIpc) is 2.68. The van der Waals surface area contributed by atoms with E-state index >= 15 is 0 Å². The maximum Gasteiger partial charge on any atom is 0.121 e. The highest BCUT2D eigenvalue weighted by atomic mass is 16.3. The lowest BCUT2D eigenvalue weighted by molar-refractivity contribution is 0.389. The van der Waals surface area contributed by atoms with Crippen molar-refractivity contribution in [2.75, 3.05) is 7.05 Å². The predicted octanol–water partition coefficient (Wildman–Crippen LogP) is 3.29. The van der Waals surface area contributed by atoms with Crippen molar-refractivity contribution in [2.24, 2.45) is 0 Å². The van der Waals surface area contributed by atoms with Gasteiger partial charge in [0.25, 0.3) is 0 Å². The molecule has 0 bridgehead atoms. The minimum atomic E-state index is 0.384. The molecule has 1 heterocycles. The molecule has 80 valence electrons. The zero-order valence-electron chi connectivity index (χ0n) is 9.47. The average molecular weight is 195 g/mol. The Kier molecular flexibility index (Phi) is 4.74. The van der Waals surface area contributed by atoms with Crippen molar-refractivity contribution >= 4 is 0 Å². The minimum absolute atomic E-state index is 0.384. The summed E-state index contributed by atoms with van der Waals surface area (Å²) in [5, 5.41) is 3.30. The van der Waals surface area contributed by atoms with E-state index in [0.717, 1.165) is 24.4 Å². The fourth-order valence-electron chi connectivity index (χ4n) is 1.61. The molecule has 1 unspecified atom stereocenters. The molecule has 14 heavy (non-hydrogen) atoms. The molecule has 0 aliphatic rings. The molecule has 1 rings (SSSR count). The summed E-state index contributed by atoms with van der Waals surface area (Å²) in [7, 11) is 1.99. The van der Waals surface area contributed by atoms with E-state index in [1.54, 1.807) is 0 Å². The Bertz CT molecular complexity index is 255. The van der Waals surface area contributed by atoms with Crippen LogP contribution in [0.2, 0.25) is 0 Å². The summed E-state index contributed by atoms with van der Waals surface area (Å²) in [6.07, 6.45) is 4.61. The minimum Gasteiger partial charge on any atom is -0.464 e. The van der Waals surface area contributed by atoms with Crippen LogP contribution < -0.4 is 5.32 Å². The maximum absolute atomic E-state index is 5.72. The lowest BCUT2D eigenvalue weighted by atomic mass is 10.1. The van der Waals surface area contributed by atoms with Gasteiger partial charge in [-0.1, -0.05) is 26.7 Å². The third-order valence-corrected chi connectivity index (χ3v) is 2.57. The monoisotopic (exact) mass is 195 g/mol. The maximum atomic E-state index is 5.72. The van der Waals surface area contributed by atoms with Gasteiger partial charge in [-0.3, -0.25) is 0 Å². The molecule has 0 saturated heterocycles. The molecule has 1 aromatic rings. The zero-order valence-corrected chi connectivity index (χ0v) is 9.47. The van der Waals surface area contributed by atoms with Crippen molar-refractivity contribution in [1.29, 1.82) is 0 Å². The molecule has 0 saturated carbocycles. The van der Waals surface area contributed by atoms with Crippen molar-refractivity contribution in [3.63, 3.8) is 0 Å². The van der Waals surface area contributed by atoms with Gasteiger partial charge in [0, 0.05) is 6.42 Å². The van der Waals surface area contributed by atoms with Crippen LogP contribution in [0.15, 0.2) is 16.5 Å². The summed E-state index contributed by atoms with van der Waals surface area (Å²) in [5.41, 5.74) is 0. The predicted molar refractivity (Wildman–Crippen MR) is 59.4 cm³/mol. The first-order valence-electron chi connectivity index (χ1n) is 5.57. The van der Waals surface area contributed by atoms with Crippen LogP contribution in [-0.2, 0) is 6.42 Å². The highest BCUT2D eigenvalue weighted by Gasteiger charge is 2.12. The number of nitrogens with one attached hydrogen (secondary N) is 1. The quantitative estimate of drug-likeness (QED) is 0.753. The summed E-state index contributed by atoms with van der Waals surface area (Å²) in [6.45, 7) is 4.33. The number of hydrogen-bond acceptors (Lipinski definition) is 2. The molecule has 0 spiro atoms. The van der Waals surface area contributed by atoms with Gasteiger partial charge in [0.2, 0.25) is 0 Å². The Hall–Kier alpha value is -0.760. The fraction of sp³-hybridized carbons (Fsp3) is 0.667. The molecule has 0 aliphatic heterocycles. The van der Waals surface area contributed by atoms with E-state index < -0.39 is 0 Å². The topological polar surface area (TPSA) is 25.2 Å². The van der Waals surface area contributed by atoms with Crippen LogP contribution in [0.3, 0.4) is 0 Å². The van der Waals surface area contributed by atoms with Crippen LogP contribution in [0.25, 0.3) is 0 Å². The van der Waals surface area contributed by atoms with E-state index in [4.69, 9.17) is 4.42 Å². The van der Waals surface area contributed by atoms with Crippen LogP contribution in [0.4, 0.5) is 0 Å². The largest absolute Gasteiger partial charge is 0.464 e. The summed E-state index contributed by atoms with van der Waals surface area (Å²) >= 11 is 0. The van der Waals surface area contributed by atoms with Crippen LogP contribution in [0.5, 0.6) is 0 Å². The lowest BCUT2D eigenvalue weighted by Gasteiger charge is -2.12. The van der Waals surface area contributed by atoms with E-state index in [1.807, 2.05) is 7.05 Å². The van der Waals surface area contributed by atoms with Crippen LogP contribution in [-0.4, -0.2) is 7.05 Å². The third-order valence-electron chi connectivity index (χ3n) is 2.57. The van der Waals surface area contributed by atoms with Gasteiger partial charge < -0.3 is 9.73 Å². The van der Waals surface area contributed by atoms with Gasteiger partial charge in [0.1, 0.15) is 11.5 Å². The Morgan fingerprint density at radius 3 is 2.64 bits per heavy atom. The molecule has 2 heteroatoms. The molecule has 0 aliphatic carbocycles. The highest BCUT2D eigenvalue weighted by molar-refractivity contribution is 5.10.